The van der Waals surface area contributed by atoms with Crippen LogP contribution in [0, 0.1) is 5.92 Å². The van der Waals surface area contributed by atoms with E-state index in [0.717, 1.165) is 16.9 Å². The van der Waals surface area contributed by atoms with E-state index in [0.29, 0.717) is 12.5 Å². The summed E-state index contributed by atoms with van der Waals surface area (Å²) in [6, 6.07) is 16.4. The second-order valence-corrected chi connectivity index (χ2v) is 6.39. The molecule has 0 heterocycles. The van der Waals surface area contributed by atoms with Crippen LogP contribution in [-0.4, -0.2) is 12.5 Å². The van der Waals surface area contributed by atoms with Gasteiger partial charge in [0.2, 0.25) is 5.91 Å². The molecule has 0 saturated heterocycles. The molecule has 0 aliphatic rings. The normalized spacial score (nSPS) is 12.8. The zero-order valence-corrected chi connectivity index (χ0v) is 15.8. The third-order valence-electron chi connectivity index (χ3n) is 3.76. The molecule has 0 aromatic heterocycles. The molecule has 1 amide bonds. The van der Waals surface area contributed by atoms with Gasteiger partial charge >= 0.3 is 0 Å². The average molecular weight is 363 g/mol. The molecule has 0 aliphatic carbocycles. The van der Waals surface area contributed by atoms with Crippen LogP contribution < -0.4 is 15.8 Å². The molecule has 4 nitrogen and oxygen atoms in total. The van der Waals surface area contributed by atoms with Crippen LogP contribution in [-0.2, 0) is 4.79 Å². The van der Waals surface area contributed by atoms with E-state index in [1.165, 1.54) is 0 Å². The summed E-state index contributed by atoms with van der Waals surface area (Å²) in [5, 5.41) is 2.96. The second kappa shape index (κ2) is 10.1. The van der Waals surface area contributed by atoms with Crippen molar-refractivity contribution in [1.82, 2.24) is 5.32 Å². The minimum Gasteiger partial charge on any atom is -0.493 e. The first-order valence-corrected chi connectivity index (χ1v) is 8.31. The highest BCUT2D eigenvalue weighted by molar-refractivity contribution is 5.85. The molecule has 0 radical (unpaired) electrons. The topological polar surface area (TPSA) is 64.3 Å². The van der Waals surface area contributed by atoms with Crippen LogP contribution in [0.2, 0.25) is 0 Å². The lowest BCUT2D eigenvalue weighted by Crippen LogP contribution is -2.35. The van der Waals surface area contributed by atoms with Crippen LogP contribution in [0.25, 0.3) is 0 Å². The predicted octanol–water partition coefficient (Wildman–Crippen LogP) is 4.02. The molecule has 2 unspecified atom stereocenters. The van der Waals surface area contributed by atoms with Gasteiger partial charge in [-0.1, -0.05) is 56.3 Å². The average Bonchev–Trinajstić information content (AvgIpc) is 2.60. The zero-order valence-electron chi connectivity index (χ0n) is 14.9. The Bertz CT molecular complexity index is 645. The molecule has 2 aromatic carbocycles. The summed E-state index contributed by atoms with van der Waals surface area (Å²) in [7, 11) is 0. The van der Waals surface area contributed by atoms with Crippen molar-refractivity contribution in [3.05, 3.63) is 65.7 Å². The Morgan fingerprint density at radius 2 is 1.60 bits per heavy atom. The minimum atomic E-state index is -0.665. The van der Waals surface area contributed by atoms with Crippen molar-refractivity contribution < 1.29 is 9.53 Å². The van der Waals surface area contributed by atoms with E-state index in [1.807, 2.05) is 61.5 Å². The number of nitrogens with one attached hydrogen (secondary N) is 1. The first-order valence-electron chi connectivity index (χ1n) is 8.31. The van der Waals surface area contributed by atoms with Crippen molar-refractivity contribution in [2.45, 2.75) is 32.9 Å². The lowest BCUT2D eigenvalue weighted by Gasteiger charge is -2.18. The second-order valence-electron chi connectivity index (χ2n) is 6.39. The van der Waals surface area contributed by atoms with Crippen molar-refractivity contribution in [1.29, 1.82) is 0 Å². The Morgan fingerprint density at radius 3 is 2.16 bits per heavy atom. The van der Waals surface area contributed by atoms with Crippen molar-refractivity contribution in [2.75, 3.05) is 6.61 Å². The summed E-state index contributed by atoms with van der Waals surface area (Å²) < 4.78 is 5.67. The van der Waals surface area contributed by atoms with Crippen molar-refractivity contribution in [2.24, 2.45) is 11.7 Å². The summed E-state index contributed by atoms with van der Waals surface area (Å²) in [5.74, 6) is 1.14. The lowest BCUT2D eigenvalue weighted by molar-refractivity contribution is -0.123. The van der Waals surface area contributed by atoms with Crippen LogP contribution >= 0.6 is 12.4 Å². The maximum absolute atomic E-state index is 12.3. The first kappa shape index (κ1) is 21.0. The molecule has 2 aromatic rings. The van der Waals surface area contributed by atoms with Crippen LogP contribution in [0.1, 0.15) is 44.0 Å². The highest BCUT2D eigenvalue weighted by atomic mass is 35.5. The maximum atomic E-state index is 12.3. The van der Waals surface area contributed by atoms with Crippen molar-refractivity contribution >= 4 is 18.3 Å². The number of amides is 1. The highest BCUT2D eigenvalue weighted by Gasteiger charge is 2.18. The summed E-state index contributed by atoms with van der Waals surface area (Å²) in [4.78, 5) is 12.3. The standard InChI is InChI=1S/C20H26N2O2.ClH/c1-14(2)13-24-18-11-9-16(10-12-18)15(3)22-20(23)19(21)17-7-5-4-6-8-17;/h4-12,14-15,19H,13,21H2,1-3H3,(H,22,23);1H. The van der Waals surface area contributed by atoms with E-state index >= 15 is 0 Å². The van der Waals surface area contributed by atoms with Gasteiger partial charge in [0, 0.05) is 0 Å². The Balaban J connectivity index is 0.00000312. The third-order valence-corrected chi connectivity index (χ3v) is 3.76. The number of hydrogen-bond acceptors (Lipinski definition) is 3. The van der Waals surface area contributed by atoms with Crippen molar-refractivity contribution in [3.8, 4) is 5.75 Å². The fraction of sp³-hybridized carbons (Fsp3) is 0.350. The van der Waals surface area contributed by atoms with E-state index in [-0.39, 0.29) is 24.4 Å². The number of carbonyl (C=O) groups is 1. The molecule has 0 aliphatic heterocycles. The Kier molecular flexibility index (Phi) is 8.46. The fourth-order valence-electron chi connectivity index (χ4n) is 2.31. The summed E-state index contributed by atoms with van der Waals surface area (Å²) in [6.07, 6.45) is 0. The zero-order chi connectivity index (χ0) is 17.5. The van der Waals surface area contributed by atoms with Crippen LogP contribution in [0.3, 0.4) is 0 Å². The van der Waals surface area contributed by atoms with Gasteiger partial charge in [-0.3, -0.25) is 4.79 Å². The van der Waals surface area contributed by atoms with Gasteiger partial charge in [0.25, 0.3) is 0 Å². The molecule has 25 heavy (non-hydrogen) atoms. The van der Waals surface area contributed by atoms with E-state index in [4.69, 9.17) is 10.5 Å². The largest absolute Gasteiger partial charge is 0.493 e. The molecule has 0 fully saturated rings. The monoisotopic (exact) mass is 362 g/mol. The third kappa shape index (κ3) is 6.40. The van der Waals surface area contributed by atoms with E-state index < -0.39 is 6.04 Å². The number of benzene rings is 2. The molecule has 136 valence electrons. The SMILES string of the molecule is CC(C)COc1ccc(C(C)NC(=O)C(N)c2ccccc2)cc1.Cl. The molecule has 0 bridgehead atoms. The highest BCUT2D eigenvalue weighted by Crippen LogP contribution is 2.19. The molecular formula is C20H27ClN2O2. The smallest absolute Gasteiger partial charge is 0.241 e. The van der Waals surface area contributed by atoms with Gasteiger partial charge in [0.1, 0.15) is 11.8 Å². The van der Waals surface area contributed by atoms with Gasteiger partial charge < -0.3 is 15.8 Å². The fourth-order valence-corrected chi connectivity index (χ4v) is 2.31. The molecule has 3 N–H and O–H groups in total. The molecular weight excluding hydrogens is 336 g/mol. The predicted molar refractivity (Wildman–Crippen MR) is 104 cm³/mol. The molecule has 0 spiro atoms. The van der Waals surface area contributed by atoms with Gasteiger partial charge in [-0.2, -0.15) is 0 Å². The van der Waals surface area contributed by atoms with Crippen LogP contribution in [0.4, 0.5) is 0 Å². The molecule has 2 atom stereocenters. The Morgan fingerprint density at radius 1 is 1.00 bits per heavy atom. The van der Waals surface area contributed by atoms with Gasteiger partial charge in [-0.25, -0.2) is 0 Å². The quantitative estimate of drug-likeness (QED) is 0.781. The van der Waals surface area contributed by atoms with Gasteiger partial charge in [0.05, 0.1) is 12.6 Å². The number of ether oxygens (including phenoxy) is 1. The van der Waals surface area contributed by atoms with Crippen molar-refractivity contribution in [3.63, 3.8) is 0 Å². The molecule has 2 rings (SSSR count). The summed E-state index contributed by atoms with van der Waals surface area (Å²) >= 11 is 0. The molecule has 5 heteroatoms. The van der Waals surface area contributed by atoms with E-state index in [9.17, 15) is 4.79 Å². The number of carbonyl (C=O) groups excluding carboxylic acids is 1. The number of hydrogen-bond donors (Lipinski definition) is 2. The lowest BCUT2D eigenvalue weighted by atomic mass is 10.0. The first-order chi connectivity index (χ1) is 11.5. The number of nitrogens with two attached hydrogens (primary N) is 1. The summed E-state index contributed by atoms with van der Waals surface area (Å²) in [6.45, 7) is 6.86. The number of rotatable bonds is 7. The number of halogens is 1. The van der Waals surface area contributed by atoms with E-state index in [2.05, 4.69) is 19.2 Å². The van der Waals surface area contributed by atoms with Gasteiger partial charge in [0.15, 0.2) is 0 Å². The molecule has 0 saturated carbocycles. The van der Waals surface area contributed by atoms with Crippen LogP contribution in [0.5, 0.6) is 5.75 Å². The van der Waals surface area contributed by atoms with Gasteiger partial charge in [-0.15, -0.1) is 12.4 Å². The van der Waals surface area contributed by atoms with Gasteiger partial charge in [-0.05, 0) is 36.1 Å². The Labute approximate surface area is 156 Å². The van der Waals surface area contributed by atoms with Crippen LogP contribution in [0.15, 0.2) is 54.6 Å². The minimum absolute atomic E-state index is 0. The maximum Gasteiger partial charge on any atom is 0.241 e. The van der Waals surface area contributed by atoms with E-state index in [1.54, 1.807) is 0 Å². The Hall–Kier alpha value is -2.04. The summed E-state index contributed by atoms with van der Waals surface area (Å²) in [5.41, 5.74) is 7.84.